The van der Waals surface area contributed by atoms with Crippen LogP contribution in [0.5, 0.6) is 0 Å². The van der Waals surface area contributed by atoms with Crippen molar-refractivity contribution in [2.45, 2.75) is 57.9 Å². The molecule has 0 spiro atoms. The lowest BCUT2D eigenvalue weighted by molar-refractivity contribution is -0.136. The van der Waals surface area contributed by atoms with Gasteiger partial charge in [-0.1, -0.05) is 19.8 Å². The molecule has 2 saturated carbocycles. The second-order valence-electron chi connectivity index (χ2n) is 5.60. The highest BCUT2D eigenvalue weighted by Crippen LogP contribution is 2.45. The van der Waals surface area contributed by atoms with Gasteiger partial charge < -0.3 is 11.1 Å². The fourth-order valence-corrected chi connectivity index (χ4v) is 2.76. The summed E-state index contributed by atoms with van der Waals surface area (Å²) >= 11 is 0. The fourth-order valence-electron chi connectivity index (χ4n) is 2.76. The van der Waals surface area contributed by atoms with Crippen LogP contribution in [0.1, 0.15) is 51.9 Å². The lowest BCUT2D eigenvalue weighted by Crippen LogP contribution is -2.49. The van der Waals surface area contributed by atoms with Crippen molar-refractivity contribution in [3.63, 3.8) is 0 Å². The molecule has 0 heterocycles. The first kappa shape index (κ1) is 14.8. The average Bonchev–Trinajstić information content (AvgIpc) is 3.02. The summed E-state index contributed by atoms with van der Waals surface area (Å²) in [4.78, 5) is 12.1. The van der Waals surface area contributed by atoms with E-state index in [4.69, 9.17) is 5.73 Å². The number of halogens is 1. The summed E-state index contributed by atoms with van der Waals surface area (Å²) in [5.74, 6) is 0.931. The number of hydrogen-bond donors (Lipinski definition) is 2. The number of nitrogens with two attached hydrogens (primary N) is 1. The molecule has 1 unspecified atom stereocenters. The smallest absolute Gasteiger partial charge is 0.226 e. The van der Waals surface area contributed by atoms with Gasteiger partial charge in [0, 0.05) is 18.0 Å². The van der Waals surface area contributed by atoms with E-state index >= 15 is 0 Å². The predicted octanol–water partition coefficient (Wildman–Crippen LogP) is 2.23. The van der Waals surface area contributed by atoms with Gasteiger partial charge in [0.1, 0.15) is 0 Å². The molecular weight excluding hydrogens is 236 g/mol. The van der Waals surface area contributed by atoms with Crippen LogP contribution in [-0.4, -0.2) is 18.5 Å². The lowest BCUT2D eigenvalue weighted by Gasteiger charge is -2.40. The van der Waals surface area contributed by atoms with Gasteiger partial charge in [-0.05, 0) is 38.0 Å². The van der Waals surface area contributed by atoms with Crippen LogP contribution in [0.4, 0.5) is 0 Å². The molecule has 0 aliphatic heterocycles. The minimum absolute atomic E-state index is 0. The van der Waals surface area contributed by atoms with E-state index in [1.807, 2.05) is 0 Å². The summed E-state index contributed by atoms with van der Waals surface area (Å²) in [5.41, 5.74) is 5.96. The standard InChI is InChI=1S/C13H24N2O.ClH/c1-2-6-13(7-3-8-13)12(16)15-9-11(14)10-4-5-10;/h10-11H,2-9,14H2,1H3,(H,15,16);1H. The first-order valence-electron chi connectivity index (χ1n) is 6.72. The zero-order chi connectivity index (χ0) is 11.6. The zero-order valence-corrected chi connectivity index (χ0v) is 11.5. The maximum absolute atomic E-state index is 12.1. The van der Waals surface area contributed by atoms with E-state index in [1.54, 1.807) is 0 Å². The van der Waals surface area contributed by atoms with Crippen LogP contribution in [0.15, 0.2) is 0 Å². The molecule has 3 N–H and O–H groups in total. The first-order chi connectivity index (χ1) is 7.68. The molecule has 1 atom stereocenters. The first-order valence-corrected chi connectivity index (χ1v) is 6.72. The van der Waals surface area contributed by atoms with Gasteiger partial charge in [-0.25, -0.2) is 0 Å². The molecule has 0 radical (unpaired) electrons. The van der Waals surface area contributed by atoms with Crippen LogP contribution in [0.2, 0.25) is 0 Å². The topological polar surface area (TPSA) is 55.1 Å². The molecule has 0 saturated heterocycles. The molecule has 0 aromatic rings. The third kappa shape index (κ3) is 3.35. The van der Waals surface area contributed by atoms with Crippen LogP contribution in [-0.2, 0) is 4.79 Å². The quantitative estimate of drug-likeness (QED) is 0.770. The second-order valence-corrected chi connectivity index (χ2v) is 5.60. The van der Waals surface area contributed by atoms with Crippen LogP contribution in [0.3, 0.4) is 0 Å². The van der Waals surface area contributed by atoms with E-state index in [2.05, 4.69) is 12.2 Å². The maximum Gasteiger partial charge on any atom is 0.226 e. The minimum Gasteiger partial charge on any atom is -0.354 e. The van der Waals surface area contributed by atoms with Gasteiger partial charge in [-0.2, -0.15) is 0 Å². The highest BCUT2D eigenvalue weighted by Gasteiger charge is 2.43. The SMILES string of the molecule is CCCC1(C(=O)NCC(N)C2CC2)CCC1.Cl. The van der Waals surface area contributed by atoms with E-state index in [0.717, 1.165) is 25.7 Å². The molecule has 2 rings (SSSR count). The Kier molecular flexibility index (Phi) is 5.26. The summed E-state index contributed by atoms with van der Waals surface area (Å²) in [6.45, 7) is 2.83. The summed E-state index contributed by atoms with van der Waals surface area (Å²) < 4.78 is 0. The molecule has 0 aromatic carbocycles. The lowest BCUT2D eigenvalue weighted by atomic mass is 9.65. The van der Waals surface area contributed by atoms with Gasteiger partial charge >= 0.3 is 0 Å². The van der Waals surface area contributed by atoms with Crippen molar-refractivity contribution in [1.29, 1.82) is 0 Å². The predicted molar refractivity (Wildman–Crippen MR) is 72.1 cm³/mol. The van der Waals surface area contributed by atoms with Gasteiger partial charge in [0.05, 0.1) is 0 Å². The summed E-state index contributed by atoms with van der Waals surface area (Å²) in [7, 11) is 0. The molecule has 2 fully saturated rings. The highest BCUT2D eigenvalue weighted by molar-refractivity contribution is 5.85. The molecule has 3 nitrogen and oxygen atoms in total. The molecule has 0 aromatic heterocycles. The zero-order valence-electron chi connectivity index (χ0n) is 10.7. The Hall–Kier alpha value is -0.280. The molecule has 1 amide bonds. The number of nitrogens with one attached hydrogen (secondary N) is 1. The molecule has 0 bridgehead atoms. The van der Waals surface area contributed by atoms with Gasteiger partial charge in [0.15, 0.2) is 0 Å². The van der Waals surface area contributed by atoms with E-state index in [1.165, 1.54) is 19.3 Å². The summed E-state index contributed by atoms with van der Waals surface area (Å²) in [5, 5.41) is 3.07. The molecule has 4 heteroatoms. The number of carbonyl (C=O) groups is 1. The van der Waals surface area contributed by atoms with Crippen molar-refractivity contribution in [2.24, 2.45) is 17.1 Å². The van der Waals surface area contributed by atoms with Crippen LogP contribution in [0.25, 0.3) is 0 Å². The summed E-state index contributed by atoms with van der Waals surface area (Å²) in [6.07, 6.45) is 7.99. The monoisotopic (exact) mass is 260 g/mol. The van der Waals surface area contributed by atoms with Gasteiger partial charge in [-0.15, -0.1) is 12.4 Å². The van der Waals surface area contributed by atoms with E-state index < -0.39 is 0 Å². The minimum atomic E-state index is -0.0297. The molecule has 100 valence electrons. The Labute approximate surface area is 110 Å². The maximum atomic E-state index is 12.1. The van der Waals surface area contributed by atoms with Crippen molar-refractivity contribution >= 4 is 18.3 Å². The van der Waals surface area contributed by atoms with Crippen molar-refractivity contribution in [1.82, 2.24) is 5.32 Å². The molecule has 2 aliphatic rings. The number of amides is 1. The molecule has 2 aliphatic carbocycles. The van der Waals surface area contributed by atoms with Gasteiger partial charge in [-0.3, -0.25) is 4.79 Å². The van der Waals surface area contributed by atoms with E-state index in [0.29, 0.717) is 12.5 Å². The fraction of sp³-hybridized carbons (Fsp3) is 0.923. The van der Waals surface area contributed by atoms with Crippen molar-refractivity contribution in [2.75, 3.05) is 6.54 Å². The van der Waals surface area contributed by atoms with Crippen LogP contribution < -0.4 is 11.1 Å². The van der Waals surface area contributed by atoms with Gasteiger partial charge in [0.25, 0.3) is 0 Å². The van der Waals surface area contributed by atoms with Crippen LogP contribution >= 0.6 is 12.4 Å². The number of hydrogen-bond acceptors (Lipinski definition) is 2. The average molecular weight is 261 g/mol. The molecular formula is C13H25ClN2O. The van der Waals surface area contributed by atoms with E-state index in [-0.39, 0.29) is 29.8 Å². The normalized spacial score (nSPS) is 23.2. The Morgan fingerprint density at radius 2 is 2.12 bits per heavy atom. The van der Waals surface area contributed by atoms with Gasteiger partial charge in [0.2, 0.25) is 5.91 Å². The third-order valence-electron chi connectivity index (χ3n) is 4.25. The van der Waals surface area contributed by atoms with Crippen LogP contribution in [0, 0.1) is 11.3 Å². The number of carbonyl (C=O) groups excluding carboxylic acids is 1. The van der Waals surface area contributed by atoms with E-state index in [9.17, 15) is 4.79 Å². The largest absolute Gasteiger partial charge is 0.354 e. The third-order valence-corrected chi connectivity index (χ3v) is 4.25. The summed E-state index contributed by atoms with van der Waals surface area (Å²) in [6, 6.07) is 0.183. The Morgan fingerprint density at radius 3 is 2.53 bits per heavy atom. The number of rotatable bonds is 6. The molecule has 17 heavy (non-hydrogen) atoms. The van der Waals surface area contributed by atoms with Crippen molar-refractivity contribution < 1.29 is 4.79 Å². The Bertz CT molecular complexity index is 262. The van der Waals surface area contributed by atoms with Crippen molar-refractivity contribution in [3.8, 4) is 0 Å². The highest BCUT2D eigenvalue weighted by atomic mass is 35.5. The Balaban J connectivity index is 0.00000144. The Morgan fingerprint density at radius 1 is 1.47 bits per heavy atom. The second kappa shape index (κ2) is 6.05. The van der Waals surface area contributed by atoms with Crippen molar-refractivity contribution in [3.05, 3.63) is 0 Å².